The average molecular weight is 440 g/mol. The molecule has 3 heterocycles. The summed E-state index contributed by atoms with van der Waals surface area (Å²) in [5.74, 6) is -0.0269. The van der Waals surface area contributed by atoms with Crippen molar-refractivity contribution in [1.29, 1.82) is 0 Å². The molecule has 1 amide bonds. The van der Waals surface area contributed by atoms with Crippen molar-refractivity contribution in [2.75, 3.05) is 0 Å². The molecule has 2 aromatic carbocycles. The molecule has 33 heavy (non-hydrogen) atoms. The second-order valence-corrected chi connectivity index (χ2v) is 8.59. The number of para-hydroxylation sites is 1. The maximum atomic E-state index is 13.8. The van der Waals surface area contributed by atoms with Crippen LogP contribution in [-0.4, -0.2) is 36.4 Å². The minimum Gasteiger partial charge on any atom is -0.325 e. The molecule has 1 aliphatic rings. The van der Waals surface area contributed by atoms with Gasteiger partial charge in [-0.3, -0.25) is 9.48 Å². The van der Waals surface area contributed by atoms with E-state index < -0.39 is 0 Å². The van der Waals surface area contributed by atoms with Crippen molar-refractivity contribution in [3.8, 4) is 16.9 Å². The molecule has 1 aliphatic heterocycles. The van der Waals surface area contributed by atoms with E-state index in [9.17, 15) is 4.79 Å². The second-order valence-electron chi connectivity index (χ2n) is 8.59. The van der Waals surface area contributed by atoms with E-state index in [1.807, 2.05) is 65.3 Å². The first-order valence-electron chi connectivity index (χ1n) is 11.7. The highest BCUT2D eigenvalue weighted by molar-refractivity contribution is 5.93. The molecule has 2 unspecified atom stereocenters. The first kappa shape index (κ1) is 21.2. The fourth-order valence-electron chi connectivity index (χ4n) is 5.07. The summed E-state index contributed by atoms with van der Waals surface area (Å²) in [6, 6.07) is 22.1. The number of amides is 1. The molecule has 0 aliphatic carbocycles. The van der Waals surface area contributed by atoms with E-state index in [1.165, 1.54) is 11.1 Å². The summed E-state index contributed by atoms with van der Waals surface area (Å²) in [7, 11) is 2.00. The van der Waals surface area contributed by atoms with Gasteiger partial charge in [0.15, 0.2) is 5.69 Å². The predicted molar refractivity (Wildman–Crippen MR) is 129 cm³/mol. The molecule has 0 N–H and O–H groups in total. The Hall–Kier alpha value is -3.67. The number of nitrogens with zero attached hydrogens (tertiary/aromatic N) is 5. The summed E-state index contributed by atoms with van der Waals surface area (Å²) in [6.07, 6.45) is 4.34. The number of carbonyl (C=O) groups is 1. The van der Waals surface area contributed by atoms with Crippen LogP contribution >= 0.6 is 0 Å². The van der Waals surface area contributed by atoms with Gasteiger partial charge >= 0.3 is 0 Å². The average Bonchev–Trinajstić information content (AvgIpc) is 3.48. The van der Waals surface area contributed by atoms with Crippen LogP contribution in [0.2, 0.25) is 0 Å². The molecule has 4 aromatic rings. The monoisotopic (exact) mass is 439 g/mol. The van der Waals surface area contributed by atoms with E-state index in [0.29, 0.717) is 5.69 Å². The summed E-state index contributed by atoms with van der Waals surface area (Å²) in [5.41, 5.74) is 6.01. The van der Waals surface area contributed by atoms with E-state index in [1.54, 1.807) is 4.68 Å². The number of fused-ring (bicyclic) bond motifs is 1. The third-order valence-corrected chi connectivity index (χ3v) is 6.63. The van der Waals surface area contributed by atoms with Crippen LogP contribution in [0.4, 0.5) is 0 Å². The van der Waals surface area contributed by atoms with Gasteiger partial charge in [-0.05, 0) is 37.5 Å². The number of hydrogen-bond donors (Lipinski definition) is 0. The van der Waals surface area contributed by atoms with Crippen molar-refractivity contribution in [1.82, 2.24) is 24.5 Å². The fourth-order valence-corrected chi connectivity index (χ4v) is 5.07. The SMILES string of the molecule is CCC1Cc2c(nn(C)c2-c2ccccc2)C(CC)N1C(=O)c1ccn(-c2ccccc2)n1. The lowest BCUT2D eigenvalue weighted by atomic mass is 9.87. The van der Waals surface area contributed by atoms with Crippen LogP contribution in [0.15, 0.2) is 72.9 Å². The van der Waals surface area contributed by atoms with Gasteiger partial charge in [-0.1, -0.05) is 62.4 Å². The predicted octanol–water partition coefficient (Wildman–Crippen LogP) is 5.20. The van der Waals surface area contributed by atoms with Crippen molar-refractivity contribution in [2.45, 2.75) is 45.2 Å². The fraction of sp³-hybridized carbons (Fsp3) is 0.296. The first-order valence-corrected chi connectivity index (χ1v) is 11.7. The van der Waals surface area contributed by atoms with Gasteiger partial charge in [0.05, 0.1) is 23.1 Å². The van der Waals surface area contributed by atoms with Crippen LogP contribution in [0.1, 0.15) is 54.5 Å². The van der Waals surface area contributed by atoms with E-state index in [4.69, 9.17) is 5.10 Å². The molecule has 6 heteroatoms. The van der Waals surface area contributed by atoms with Crippen LogP contribution in [0.3, 0.4) is 0 Å². The second kappa shape index (κ2) is 8.70. The molecule has 0 spiro atoms. The number of aryl methyl sites for hydroxylation is 1. The van der Waals surface area contributed by atoms with Gasteiger partial charge in [-0.25, -0.2) is 4.68 Å². The van der Waals surface area contributed by atoms with Crippen LogP contribution < -0.4 is 0 Å². The van der Waals surface area contributed by atoms with Crippen molar-refractivity contribution in [3.05, 3.63) is 89.9 Å². The molecule has 0 bridgehead atoms. The van der Waals surface area contributed by atoms with E-state index >= 15 is 0 Å². The summed E-state index contributed by atoms with van der Waals surface area (Å²) in [4.78, 5) is 15.8. The molecule has 168 valence electrons. The minimum absolute atomic E-state index is 0.0269. The van der Waals surface area contributed by atoms with Gasteiger partial charge in [-0.15, -0.1) is 0 Å². The lowest BCUT2D eigenvalue weighted by Crippen LogP contribution is -2.47. The van der Waals surface area contributed by atoms with Gasteiger partial charge in [-0.2, -0.15) is 10.2 Å². The molecule has 2 aromatic heterocycles. The molecule has 0 saturated heterocycles. The van der Waals surface area contributed by atoms with Crippen LogP contribution in [0, 0.1) is 0 Å². The Balaban J connectivity index is 1.53. The Bertz CT molecular complexity index is 1260. The lowest BCUT2D eigenvalue weighted by molar-refractivity contribution is 0.0506. The van der Waals surface area contributed by atoms with Gasteiger partial charge < -0.3 is 4.90 Å². The van der Waals surface area contributed by atoms with Crippen molar-refractivity contribution in [2.24, 2.45) is 7.05 Å². The molecule has 2 atom stereocenters. The van der Waals surface area contributed by atoms with Crippen molar-refractivity contribution < 1.29 is 4.79 Å². The molecular weight excluding hydrogens is 410 g/mol. The third kappa shape index (κ3) is 3.65. The van der Waals surface area contributed by atoms with Gasteiger partial charge in [0.1, 0.15) is 0 Å². The Labute approximate surface area is 194 Å². The number of rotatable bonds is 5. The molecule has 6 nitrogen and oxygen atoms in total. The molecule has 0 saturated carbocycles. The van der Waals surface area contributed by atoms with Crippen molar-refractivity contribution >= 4 is 5.91 Å². The maximum Gasteiger partial charge on any atom is 0.275 e. The van der Waals surface area contributed by atoms with Crippen LogP contribution in [-0.2, 0) is 13.5 Å². The van der Waals surface area contributed by atoms with E-state index in [0.717, 1.165) is 36.3 Å². The normalized spacial score (nSPS) is 17.7. The first-order chi connectivity index (χ1) is 16.1. The highest BCUT2D eigenvalue weighted by Crippen LogP contribution is 2.40. The molecule has 0 fully saturated rings. The Morgan fingerprint density at radius 3 is 2.30 bits per heavy atom. The molecule has 0 radical (unpaired) electrons. The van der Waals surface area contributed by atoms with E-state index in [-0.39, 0.29) is 18.0 Å². The quantitative estimate of drug-likeness (QED) is 0.429. The third-order valence-electron chi connectivity index (χ3n) is 6.63. The zero-order valence-corrected chi connectivity index (χ0v) is 19.3. The van der Waals surface area contributed by atoms with E-state index in [2.05, 4.69) is 43.2 Å². The zero-order valence-electron chi connectivity index (χ0n) is 19.3. The highest BCUT2D eigenvalue weighted by atomic mass is 16.2. The van der Waals surface area contributed by atoms with Crippen LogP contribution in [0.25, 0.3) is 16.9 Å². The molecular formula is C27H29N5O. The number of carbonyl (C=O) groups excluding carboxylic acids is 1. The standard InChI is InChI=1S/C27H29N5O/c1-4-20-18-22-25(29-30(3)26(22)19-12-8-6-9-13-19)24(5-2)32(20)27(33)23-16-17-31(28-23)21-14-10-7-11-15-21/h6-17,20,24H,4-5,18H2,1-3H3. The van der Waals surface area contributed by atoms with Crippen molar-refractivity contribution in [3.63, 3.8) is 0 Å². The van der Waals surface area contributed by atoms with Gasteiger partial charge in [0.25, 0.3) is 5.91 Å². The van der Waals surface area contributed by atoms with Gasteiger partial charge in [0.2, 0.25) is 0 Å². The summed E-state index contributed by atoms with van der Waals surface area (Å²) in [5, 5.41) is 9.54. The zero-order chi connectivity index (χ0) is 22.9. The largest absolute Gasteiger partial charge is 0.325 e. The Morgan fingerprint density at radius 2 is 1.64 bits per heavy atom. The number of benzene rings is 2. The Morgan fingerprint density at radius 1 is 0.939 bits per heavy atom. The van der Waals surface area contributed by atoms with Gasteiger partial charge in [0, 0.05) is 30.4 Å². The molecule has 5 rings (SSSR count). The Kier molecular flexibility index (Phi) is 5.58. The smallest absolute Gasteiger partial charge is 0.275 e. The topological polar surface area (TPSA) is 56.0 Å². The highest BCUT2D eigenvalue weighted by Gasteiger charge is 2.40. The summed E-state index contributed by atoms with van der Waals surface area (Å²) >= 11 is 0. The number of hydrogen-bond acceptors (Lipinski definition) is 3. The maximum absolute atomic E-state index is 13.8. The summed E-state index contributed by atoms with van der Waals surface area (Å²) in [6.45, 7) is 4.29. The minimum atomic E-state index is -0.0725. The van der Waals surface area contributed by atoms with Crippen LogP contribution in [0.5, 0.6) is 0 Å². The lowest BCUT2D eigenvalue weighted by Gasteiger charge is -2.40. The number of aromatic nitrogens is 4. The summed E-state index contributed by atoms with van der Waals surface area (Å²) < 4.78 is 3.74.